The van der Waals surface area contributed by atoms with Gasteiger partial charge in [0.2, 0.25) is 0 Å². The lowest BCUT2D eigenvalue weighted by molar-refractivity contribution is -0.00974. The quantitative estimate of drug-likeness (QED) is 0.669. The van der Waals surface area contributed by atoms with E-state index >= 15 is 0 Å². The van der Waals surface area contributed by atoms with Crippen LogP contribution in [-0.4, -0.2) is 61.3 Å². The van der Waals surface area contributed by atoms with Crippen LogP contribution in [0.25, 0.3) is 0 Å². The summed E-state index contributed by atoms with van der Waals surface area (Å²) in [6, 6.07) is 1.50. The molecule has 2 aliphatic rings. The van der Waals surface area contributed by atoms with Crippen LogP contribution in [0.5, 0.6) is 0 Å². The SMILES string of the molecule is CC(C)NC1CCOC(CC(C)NC2COCC2O)C1. The molecule has 2 fully saturated rings. The van der Waals surface area contributed by atoms with E-state index in [1.54, 1.807) is 0 Å². The van der Waals surface area contributed by atoms with Gasteiger partial charge < -0.3 is 25.2 Å². The summed E-state index contributed by atoms with van der Waals surface area (Å²) in [5.41, 5.74) is 0. The molecule has 0 amide bonds. The van der Waals surface area contributed by atoms with Gasteiger partial charge in [-0.1, -0.05) is 13.8 Å². The standard InChI is InChI=1S/C15H30N2O3/c1-10(2)16-12-4-5-20-13(7-12)6-11(3)17-14-8-19-9-15(14)18/h10-18H,4-9H2,1-3H3. The average molecular weight is 286 g/mol. The smallest absolute Gasteiger partial charge is 0.0948 e. The highest BCUT2D eigenvalue weighted by Crippen LogP contribution is 2.19. The molecule has 0 aliphatic carbocycles. The molecule has 3 N–H and O–H groups in total. The van der Waals surface area contributed by atoms with E-state index in [-0.39, 0.29) is 12.1 Å². The Morgan fingerprint density at radius 3 is 2.65 bits per heavy atom. The van der Waals surface area contributed by atoms with Gasteiger partial charge in [-0.05, 0) is 26.2 Å². The van der Waals surface area contributed by atoms with Crippen LogP contribution < -0.4 is 10.6 Å². The highest BCUT2D eigenvalue weighted by molar-refractivity contribution is 4.85. The minimum atomic E-state index is -0.375. The van der Waals surface area contributed by atoms with Crippen molar-refractivity contribution in [1.82, 2.24) is 10.6 Å². The maximum absolute atomic E-state index is 9.76. The van der Waals surface area contributed by atoms with Crippen LogP contribution in [0.4, 0.5) is 0 Å². The third-order valence-corrected chi connectivity index (χ3v) is 4.10. The number of ether oxygens (including phenoxy) is 2. The fraction of sp³-hybridized carbons (Fsp3) is 1.00. The van der Waals surface area contributed by atoms with Crippen molar-refractivity contribution in [3.8, 4) is 0 Å². The molecule has 118 valence electrons. The van der Waals surface area contributed by atoms with Gasteiger partial charge >= 0.3 is 0 Å². The van der Waals surface area contributed by atoms with Crippen molar-refractivity contribution in [2.24, 2.45) is 0 Å². The first-order valence-corrected chi connectivity index (χ1v) is 7.94. The Hall–Kier alpha value is -0.200. The van der Waals surface area contributed by atoms with Crippen LogP contribution in [0.3, 0.4) is 0 Å². The zero-order valence-corrected chi connectivity index (χ0v) is 13.0. The molecule has 0 spiro atoms. The van der Waals surface area contributed by atoms with Crippen LogP contribution in [0.2, 0.25) is 0 Å². The lowest BCUT2D eigenvalue weighted by Crippen LogP contribution is -2.47. The lowest BCUT2D eigenvalue weighted by Gasteiger charge is -2.33. The zero-order chi connectivity index (χ0) is 14.5. The molecule has 0 bridgehead atoms. The summed E-state index contributed by atoms with van der Waals surface area (Å²) in [5.74, 6) is 0. The molecule has 0 aromatic heterocycles. The maximum Gasteiger partial charge on any atom is 0.0948 e. The lowest BCUT2D eigenvalue weighted by atomic mass is 9.97. The van der Waals surface area contributed by atoms with Gasteiger partial charge in [-0.15, -0.1) is 0 Å². The van der Waals surface area contributed by atoms with Crippen LogP contribution in [0.15, 0.2) is 0 Å². The van der Waals surface area contributed by atoms with Crippen LogP contribution >= 0.6 is 0 Å². The Kier molecular flexibility index (Phi) is 6.23. The Bertz CT molecular complexity index is 288. The molecular weight excluding hydrogens is 256 g/mol. The summed E-state index contributed by atoms with van der Waals surface area (Å²) in [6.45, 7) is 8.44. The van der Waals surface area contributed by atoms with Gasteiger partial charge in [0, 0.05) is 24.7 Å². The molecule has 5 unspecified atom stereocenters. The van der Waals surface area contributed by atoms with Crippen molar-refractivity contribution in [2.75, 3.05) is 19.8 Å². The predicted octanol–water partition coefficient (Wildman–Crippen LogP) is 0.660. The number of aliphatic hydroxyl groups is 1. The molecule has 0 aromatic carbocycles. The van der Waals surface area contributed by atoms with E-state index in [9.17, 15) is 5.11 Å². The van der Waals surface area contributed by atoms with Crippen LogP contribution in [0, 0.1) is 0 Å². The van der Waals surface area contributed by atoms with Gasteiger partial charge in [-0.2, -0.15) is 0 Å². The van der Waals surface area contributed by atoms with Gasteiger partial charge in [0.05, 0.1) is 31.5 Å². The fourth-order valence-corrected chi connectivity index (χ4v) is 3.20. The van der Waals surface area contributed by atoms with E-state index in [0.717, 1.165) is 25.9 Å². The largest absolute Gasteiger partial charge is 0.389 e. The second-order valence-corrected chi connectivity index (χ2v) is 6.55. The first-order valence-electron chi connectivity index (χ1n) is 7.94. The number of rotatable bonds is 6. The van der Waals surface area contributed by atoms with E-state index in [0.29, 0.717) is 37.4 Å². The Morgan fingerprint density at radius 2 is 2.00 bits per heavy atom. The molecule has 2 heterocycles. The number of nitrogens with one attached hydrogen (secondary N) is 2. The number of hydrogen-bond donors (Lipinski definition) is 3. The molecule has 5 atom stereocenters. The molecule has 0 saturated carbocycles. The normalized spacial score (nSPS) is 36.5. The predicted molar refractivity (Wildman–Crippen MR) is 78.9 cm³/mol. The van der Waals surface area contributed by atoms with Gasteiger partial charge in [-0.3, -0.25) is 0 Å². The van der Waals surface area contributed by atoms with E-state index in [2.05, 4.69) is 31.4 Å². The second-order valence-electron chi connectivity index (χ2n) is 6.55. The highest BCUT2D eigenvalue weighted by Gasteiger charge is 2.29. The third kappa shape index (κ3) is 4.97. The summed E-state index contributed by atoms with van der Waals surface area (Å²) in [5, 5.41) is 16.8. The molecular formula is C15H30N2O3. The summed E-state index contributed by atoms with van der Waals surface area (Å²) < 4.78 is 11.1. The van der Waals surface area contributed by atoms with Crippen molar-refractivity contribution in [3.05, 3.63) is 0 Å². The van der Waals surface area contributed by atoms with E-state index < -0.39 is 0 Å². The molecule has 0 aromatic rings. The van der Waals surface area contributed by atoms with Crippen molar-refractivity contribution in [3.63, 3.8) is 0 Å². The van der Waals surface area contributed by atoms with Gasteiger partial charge in [0.1, 0.15) is 0 Å². The molecule has 0 radical (unpaired) electrons. The second kappa shape index (κ2) is 7.71. The summed E-state index contributed by atoms with van der Waals surface area (Å²) in [4.78, 5) is 0. The number of aliphatic hydroxyl groups excluding tert-OH is 1. The minimum absolute atomic E-state index is 0.0678. The van der Waals surface area contributed by atoms with Gasteiger partial charge in [-0.25, -0.2) is 0 Å². The zero-order valence-electron chi connectivity index (χ0n) is 13.0. The van der Waals surface area contributed by atoms with Crippen molar-refractivity contribution in [1.29, 1.82) is 0 Å². The first-order chi connectivity index (χ1) is 9.54. The topological polar surface area (TPSA) is 62.8 Å². The van der Waals surface area contributed by atoms with Crippen molar-refractivity contribution in [2.45, 2.75) is 76.4 Å². The average Bonchev–Trinajstić information content (AvgIpc) is 2.74. The Morgan fingerprint density at radius 1 is 1.20 bits per heavy atom. The molecule has 5 nitrogen and oxygen atoms in total. The van der Waals surface area contributed by atoms with Gasteiger partial charge in [0.15, 0.2) is 0 Å². The van der Waals surface area contributed by atoms with Crippen LogP contribution in [0.1, 0.15) is 40.0 Å². The summed E-state index contributed by atoms with van der Waals surface area (Å²) in [7, 11) is 0. The first kappa shape index (κ1) is 16.2. The van der Waals surface area contributed by atoms with Gasteiger partial charge in [0.25, 0.3) is 0 Å². The minimum Gasteiger partial charge on any atom is -0.389 e. The Labute approximate surface area is 122 Å². The van der Waals surface area contributed by atoms with E-state index in [1.165, 1.54) is 0 Å². The van der Waals surface area contributed by atoms with E-state index in [4.69, 9.17) is 9.47 Å². The summed E-state index contributed by atoms with van der Waals surface area (Å²) >= 11 is 0. The molecule has 2 saturated heterocycles. The Balaban J connectivity index is 1.71. The monoisotopic (exact) mass is 286 g/mol. The summed E-state index contributed by atoms with van der Waals surface area (Å²) in [6.07, 6.45) is 3.10. The number of hydrogen-bond acceptors (Lipinski definition) is 5. The maximum atomic E-state index is 9.76. The van der Waals surface area contributed by atoms with Crippen molar-refractivity contribution >= 4 is 0 Å². The highest BCUT2D eigenvalue weighted by atomic mass is 16.5. The van der Waals surface area contributed by atoms with Crippen molar-refractivity contribution < 1.29 is 14.6 Å². The third-order valence-electron chi connectivity index (χ3n) is 4.10. The molecule has 2 rings (SSSR count). The molecule has 2 aliphatic heterocycles. The van der Waals surface area contributed by atoms with E-state index in [1.807, 2.05) is 0 Å². The fourth-order valence-electron chi connectivity index (χ4n) is 3.20. The van der Waals surface area contributed by atoms with Crippen LogP contribution in [-0.2, 0) is 9.47 Å². The molecule has 20 heavy (non-hydrogen) atoms. The molecule has 5 heteroatoms.